The van der Waals surface area contributed by atoms with E-state index in [9.17, 15) is 35.8 Å². The van der Waals surface area contributed by atoms with Crippen LogP contribution in [0.25, 0.3) is 0 Å². The van der Waals surface area contributed by atoms with E-state index in [4.69, 9.17) is 5.73 Å². The quantitative estimate of drug-likeness (QED) is 0.397. The lowest BCUT2D eigenvalue weighted by atomic mass is 9.65. The molecule has 178 valence electrons. The molecule has 0 aromatic carbocycles. The minimum Gasteiger partial charge on any atom is -0.378 e. The van der Waals surface area contributed by atoms with Crippen LogP contribution >= 0.6 is 0 Å². The Bertz CT molecular complexity index is 532. The molecule has 10 heteroatoms. The number of nitrogens with one attached hydrogen (secondary N) is 1. The molecular weight excluding hydrogens is 417 g/mol. The molecule has 2 rings (SSSR count). The van der Waals surface area contributed by atoms with Crippen LogP contribution in [0.5, 0.6) is 0 Å². The van der Waals surface area contributed by atoms with Crippen LogP contribution in [0.3, 0.4) is 0 Å². The lowest BCUT2D eigenvalue weighted by Crippen LogP contribution is -2.62. The van der Waals surface area contributed by atoms with Gasteiger partial charge in [-0.2, -0.15) is 26.3 Å². The largest absolute Gasteiger partial charge is 0.431 e. The van der Waals surface area contributed by atoms with E-state index >= 15 is 0 Å². The fourth-order valence-electron chi connectivity index (χ4n) is 5.41. The molecule has 2 fully saturated rings. The SMILES string of the molecule is CCC1CC(C(F)(C(F)(F)F)C(F)(F)F)CC(C)C1NC(O)C1CCC(CN)CC1. The summed E-state index contributed by atoms with van der Waals surface area (Å²) in [5.74, 6) is -3.08. The molecule has 2 aliphatic carbocycles. The van der Waals surface area contributed by atoms with Gasteiger partial charge >= 0.3 is 18.0 Å². The Morgan fingerprint density at radius 2 is 1.50 bits per heavy atom. The summed E-state index contributed by atoms with van der Waals surface area (Å²) < 4.78 is 93.8. The molecular formula is C20H33F7N2O. The number of nitrogens with two attached hydrogens (primary N) is 1. The van der Waals surface area contributed by atoms with Crippen LogP contribution in [0.2, 0.25) is 0 Å². The second kappa shape index (κ2) is 9.48. The summed E-state index contributed by atoms with van der Waals surface area (Å²) in [5, 5.41) is 13.7. The van der Waals surface area contributed by atoms with Crippen molar-refractivity contribution < 1.29 is 35.8 Å². The summed E-state index contributed by atoms with van der Waals surface area (Å²) in [6.07, 6.45) is -10.5. The van der Waals surface area contributed by atoms with Gasteiger partial charge in [0.15, 0.2) is 0 Å². The lowest BCUT2D eigenvalue weighted by molar-refractivity contribution is -0.362. The molecule has 0 aromatic rings. The maximum absolute atomic E-state index is 14.6. The van der Waals surface area contributed by atoms with Gasteiger partial charge in [0.05, 0.1) is 0 Å². The standard InChI is InChI=1S/C20H33F7N2O/c1-3-13-9-15(18(21,19(22,23)24)20(25,26)27)8-11(2)16(13)29-17(30)14-6-4-12(10-28)5-7-14/h11-17,29-30H,3-10,28H2,1-2H3. The summed E-state index contributed by atoms with van der Waals surface area (Å²) >= 11 is 0. The van der Waals surface area contributed by atoms with Gasteiger partial charge in [0, 0.05) is 12.0 Å². The molecule has 3 nitrogen and oxygen atoms in total. The molecule has 5 atom stereocenters. The van der Waals surface area contributed by atoms with Gasteiger partial charge in [-0.05, 0) is 68.7 Å². The maximum Gasteiger partial charge on any atom is 0.431 e. The molecule has 0 bridgehead atoms. The summed E-state index contributed by atoms with van der Waals surface area (Å²) in [6.45, 7) is 3.77. The summed E-state index contributed by atoms with van der Waals surface area (Å²) in [5.41, 5.74) is 0.439. The smallest absolute Gasteiger partial charge is 0.378 e. The van der Waals surface area contributed by atoms with Crippen molar-refractivity contribution in [2.45, 2.75) is 89.1 Å². The first-order valence-electron chi connectivity index (χ1n) is 10.7. The zero-order valence-electron chi connectivity index (χ0n) is 17.4. The van der Waals surface area contributed by atoms with Crippen molar-refractivity contribution in [1.82, 2.24) is 5.32 Å². The predicted octanol–water partition coefficient (Wildman–Crippen LogP) is 4.93. The van der Waals surface area contributed by atoms with E-state index in [-0.39, 0.29) is 12.3 Å². The Labute approximate surface area is 173 Å². The third kappa shape index (κ3) is 5.06. The molecule has 0 aliphatic heterocycles. The molecule has 0 saturated heterocycles. The summed E-state index contributed by atoms with van der Waals surface area (Å²) in [6, 6.07) is -0.473. The number of aliphatic hydroxyl groups excluding tert-OH is 1. The van der Waals surface area contributed by atoms with Gasteiger partial charge in [-0.15, -0.1) is 0 Å². The highest BCUT2D eigenvalue weighted by atomic mass is 19.4. The van der Waals surface area contributed by atoms with Crippen molar-refractivity contribution >= 4 is 0 Å². The predicted molar refractivity (Wildman–Crippen MR) is 99.1 cm³/mol. The second-order valence-electron chi connectivity index (χ2n) is 9.18. The van der Waals surface area contributed by atoms with Crippen LogP contribution < -0.4 is 11.1 Å². The van der Waals surface area contributed by atoms with Crippen LogP contribution in [-0.4, -0.2) is 41.9 Å². The molecule has 2 saturated carbocycles. The third-order valence-corrected chi connectivity index (χ3v) is 7.31. The van der Waals surface area contributed by atoms with Gasteiger partial charge < -0.3 is 10.8 Å². The highest BCUT2D eigenvalue weighted by molar-refractivity contribution is 5.04. The topological polar surface area (TPSA) is 58.3 Å². The third-order valence-electron chi connectivity index (χ3n) is 7.31. The van der Waals surface area contributed by atoms with Gasteiger partial charge in [0.2, 0.25) is 0 Å². The molecule has 30 heavy (non-hydrogen) atoms. The first kappa shape index (κ1) is 25.6. The van der Waals surface area contributed by atoms with Crippen molar-refractivity contribution in [1.29, 1.82) is 0 Å². The number of alkyl halides is 7. The molecule has 0 aromatic heterocycles. The first-order chi connectivity index (χ1) is 13.8. The fraction of sp³-hybridized carbons (Fsp3) is 1.00. The monoisotopic (exact) mass is 450 g/mol. The number of rotatable bonds is 6. The Kier molecular flexibility index (Phi) is 8.11. The van der Waals surface area contributed by atoms with Gasteiger partial charge in [-0.3, -0.25) is 5.32 Å². The summed E-state index contributed by atoms with van der Waals surface area (Å²) in [7, 11) is 0. The molecule has 0 spiro atoms. The average Bonchev–Trinajstić information content (AvgIpc) is 2.66. The normalized spacial score (nSPS) is 35.3. The molecule has 4 N–H and O–H groups in total. The van der Waals surface area contributed by atoms with Crippen molar-refractivity contribution in [3.05, 3.63) is 0 Å². The second-order valence-corrected chi connectivity index (χ2v) is 9.18. The highest BCUT2D eigenvalue weighted by Gasteiger charge is 2.76. The van der Waals surface area contributed by atoms with E-state index in [1.165, 1.54) is 6.92 Å². The average molecular weight is 450 g/mol. The van der Waals surface area contributed by atoms with Crippen molar-refractivity contribution in [2.75, 3.05) is 6.54 Å². The van der Waals surface area contributed by atoms with Crippen LogP contribution in [0.4, 0.5) is 30.7 Å². The van der Waals surface area contributed by atoms with Gasteiger partial charge in [-0.25, -0.2) is 4.39 Å². The Morgan fingerprint density at radius 1 is 0.967 bits per heavy atom. The lowest BCUT2D eigenvalue weighted by Gasteiger charge is -2.47. The molecule has 0 heterocycles. The zero-order chi connectivity index (χ0) is 22.9. The van der Waals surface area contributed by atoms with Crippen LogP contribution in [-0.2, 0) is 0 Å². The minimum absolute atomic E-state index is 0.0409. The van der Waals surface area contributed by atoms with Crippen molar-refractivity contribution in [3.8, 4) is 0 Å². The van der Waals surface area contributed by atoms with Gasteiger partial charge in [0.25, 0.3) is 0 Å². The minimum atomic E-state index is -6.03. The van der Waals surface area contributed by atoms with E-state index in [0.717, 1.165) is 25.7 Å². The van der Waals surface area contributed by atoms with Gasteiger partial charge in [0.1, 0.15) is 6.23 Å². The van der Waals surface area contributed by atoms with Crippen molar-refractivity contribution in [3.63, 3.8) is 0 Å². The Hall–Kier alpha value is -0.610. The van der Waals surface area contributed by atoms with Crippen LogP contribution in [0, 0.1) is 29.6 Å². The number of halogens is 7. The molecule has 0 radical (unpaired) electrons. The van der Waals surface area contributed by atoms with E-state index in [1.54, 1.807) is 6.92 Å². The number of hydrogen-bond acceptors (Lipinski definition) is 3. The number of hydrogen-bond donors (Lipinski definition) is 3. The molecule has 2 aliphatic rings. The summed E-state index contributed by atoms with van der Waals surface area (Å²) in [4.78, 5) is 0. The first-order valence-corrected chi connectivity index (χ1v) is 10.7. The highest BCUT2D eigenvalue weighted by Crippen LogP contribution is 2.56. The van der Waals surface area contributed by atoms with Gasteiger partial charge in [-0.1, -0.05) is 20.3 Å². The van der Waals surface area contributed by atoms with E-state index in [2.05, 4.69) is 5.32 Å². The maximum atomic E-state index is 14.6. The fourth-order valence-corrected chi connectivity index (χ4v) is 5.41. The van der Waals surface area contributed by atoms with Crippen LogP contribution in [0.15, 0.2) is 0 Å². The molecule has 0 amide bonds. The van der Waals surface area contributed by atoms with Crippen molar-refractivity contribution in [2.24, 2.45) is 35.3 Å². The Morgan fingerprint density at radius 3 is 1.93 bits per heavy atom. The van der Waals surface area contributed by atoms with E-state index < -0.39 is 60.9 Å². The zero-order valence-corrected chi connectivity index (χ0v) is 17.4. The van der Waals surface area contributed by atoms with E-state index in [1.807, 2.05) is 0 Å². The van der Waals surface area contributed by atoms with E-state index in [0.29, 0.717) is 12.5 Å². The van der Waals surface area contributed by atoms with Crippen LogP contribution in [0.1, 0.15) is 58.8 Å². The Balaban J connectivity index is 2.12. The number of aliphatic hydroxyl groups is 1. The molecule has 5 unspecified atom stereocenters.